The van der Waals surface area contributed by atoms with Crippen molar-refractivity contribution < 1.29 is 24.2 Å². The Bertz CT molecular complexity index is 716. The van der Waals surface area contributed by atoms with E-state index < -0.39 is 17.9 Å². The van der Waals surface area contributed by atoms with Crippen molar-refractivity contribution >= 4 is 46.3 Å². The first kappa shape index (κ1) is 18.3. The SMILES string of the molecule is CC[C@@H](C(=O)O)N1C(=O)/C(=C\c2ccc(OC)cc2OC)SC1=S. The molecule has 8 heteroatoms. The number of thioether (sulfide) groups is 1. The van der Waals surface area contributed by atoms with Gasteiger partial charge in [-0.3, -0.25) is 9.69 Å². The number of hydrogen-bond acceptors (Lipinski definition) is 6. The molecule has 1 fully saturated rings. The molecule has 0 bridgehead atoms. The molecule has 1 aromatic carbocycles. The summed E-state index contributed by atoms with van der Waals surface area (Å²) in [6.07, 6.45) is 1.92. The Morgan fingerprint density at radius 3 is 2.67 bits per heavy atom. The summed E-state index contributed by atoms with van der Waals surface area (Å²) in [5, 5.41) is 9.27. The average molecular weight is 367 g/mol. The molecule has 1 heterocycles. The molecule has 1 amide bonds. The molecule has 1 saturated heterocycles. The van der Waals surface area contributed by atoms with E-state index in [1.165, 1.54) is 7.11 Å². The number of thiocarbonyl (C=S) groups is 1. The number of carbonyl (C=O) groups excluding carboxylic acids is 1. The minimum Gasteiger partial charge on any atom is -0.497 e. The van der Waals surface area contributed by atoms with Crippen LogP contribution in [-0.2, 0) is 9.59 Å². The quantitative estimate of drug-likeness (QED) is 0.612. The van der Waals surface area contributed by atoms with E-state index in [-0.39, 0.29) is 10.7 Å². The van der Waals surface area contributed by atoms with Gasteiger partial charge in [0.15, 0.2) is 0 Å². The average Bonchev–Trinajstić information content (AvgIpc) is 2.83. The van der Waals surface area contributed by atoms with Crippen LogP contribution in [-0.4, -0.2) is 46.5 Å². The van der Waals surface area contributed by atoms with E-state index in [0.29, 0.717) is 22.0 Å². The molecule has 1 aliphatic rings. The van der Waals surface area contributed by atoms with Gasteiger partial charge in [-0.05, 0) is 24.6 Å². The van der Waals surface area contributed by atoms with Crippen LogP contribution in [0.4, 0.5) is 0 Å². The molecule has 0 saturated carbocycles. The number of carboxylic acid groups (broad SMARTS) is 1. The van der Waals surface area contributed by atoms with E-state index in [4.69, 9.17) is 21.7 Å². The van der Waals surface area contributed by atoms with Crippen LogP contribution in [0.5, 0.6) is 11.5 Å². The Morgan fingerprint density at radius 2 is 2.12 bits per heavy atom. The van der Waals surface area contributed by atoms with Gasteiger partial charge in [-0.25, -0.2) is 4.79 Å². The zero-order valence-electron chi connectivity index (χ0n) is 13.4. The molecule has 24 heavy (non-hydrogen) atoms. The van der Waals surface area contributed by atoms with E-state index >= 15 is 0 Å². The third-order valence-electron chi connectivity index (χ3n) is 3.53. The van der Waals surface area contributed by atoms with Gasteiger partial charge in [0.05, 0.1) is 19.1 Å². The van der Waals surface area contributed by atoms with Crippen molar-refractivity contribution in [1.29, 1.82) is 0 Å². The second kappa shape index (κ2) is 7.67. The van der Waals surface area contributed by atoms with E-state index in [1.807, 2.05) is 0 Å². The van der Waals surface area contributed by atoms with Gasteiger partial charge in [-0.15, -0.1) is 0 Å². The summed E-state index contributed by atoms with van der Waals surface area (Å²) in [5.74, 6) is -0.299. The molecule has 1 aliphatic heterocycles. The number of aliphatic carboxylic acids is 1. The monoisotopic (exact) mass is 367 g/mol. The van der Waals surface area contributed by atoms with Crippen LogP contribution in [0.15, 0.2) is 23.1 Å². The van der Waals surface area contributed by atoms with Crippen LogP contribution in [0.2, 0.25) is 0 Å². The molecular formula is C16H17NO5S2. The topological polar surface area (TPSA) is 76.1 Å². The van der Waals surface area contributed by atoms with Gasteiger partial charge in [-0.2, -0.15) is 0 Å². The predicted octanol–water partition coefficient (Wildman–Crippen LogP) is 2.77. The maximum absolute atomic E-state index is 12.6. The van der Waals surface area contributed by atoms with Gasteiger partial charge < -0.3 is 14.6 Å². The van der Waals surface area contributed by atoms with Gasteiger partial charge >= 0.3 is 5.97 Å². The summed E-state index contributed by atoms with van der Waals surface area (Å²) < 4.78 is 10.7. The minimum atomic E-state index is -1.07. The number of amides is 1. The van der Waals surface area contributed by atoms with Gasteiger partial charge in [0.25, 0.3) is 5.91 Å². The molecule has 1 atom stereocenters. The Morgan fingerprint density at radius 1 is 1.42 bits per heavy atom. The molecule has 2 rings (SSSR count). The maximum Gasteiger partial charge on any atom is 0.326 e. The molecule has 6 nitrogen and oxygen atoms in total. The van der Waals surface area contributed by atoms with Gasteiger partial charge in [-0.1, -0.05) is 30.9 Å². The Hall–Kier alpha value is -2.06. The number of rotatable bonds is 6. The van der Waals surface area contributed by atoms with E-state index in [9.17, 15) is 14.7 Å². The lowest BCUT2D eigenvalue weighted by Crippen LogP contribution is -2.43. The summed E-state index contributed by atoms with van der Waals surface area (Å²) in [6.45, 7) is 1.70. The number of benzene rings is 1. The van der Waals surface area contributed by atoms with Gasteiger partial charge in [0.1, 0.15) is 21.9 Å². The highest BCUT2D eigenvalue weighted by atomic mass is 32.2. The highest BCUT2D eigenvalue weighted by Gasteiger charge is 2.39. The molecule has 0 radical (unpaired) electrons. The third-order valence-corrected chi connectivity index (χ3v) is 4.86. The molecule has 1 aromatic rings. The standard InChI is InChI=1S/C16H17NO5S2/c1-4-11(15(19)20)17-14(18)13(24-16(17)23)7-9-5-6-10(21-2)8-12(9)22-3/h5-8,11H,4H2,1-3H3,(H,19,20)/b13-7+/t11-/m0/s1. The van der Waals surface area contributed by atoms with Crippen molar-refractivity contribution in [3.8, 4) is 11.5 Å². The van der Waals surface area contributed by atoms with Gasteiger partial charge in [0, 0.05) is 11.6 Å². The lowest BCUT2D eigenvalue weighted by molar-refractivity contribution is -0.145. The van der Waals surface area contributed by atoms with Crippen LogP contribution in [0, 0.1) is 0 Å². The van der Waals surface area contributed by atoms with Crippen molar-refractivity contribution in [2.24, 2.45) is 0 Å². The van der Waals surface area contributed by atoms with Crippen LogP contribution >= 0.6 is 24.0 Å². The fourth-order valence-electron chi connectivity index (χ4n) is 2.30. The third kappa shape index (κ3) is 3.54. The number of nitrogens with zero attached hydrogens (tertiary/aromatic N) is 1. The highest BCUT2D eigenvalue weighted by Crippen LogP contribution is 2.36. The van der Waals surface area contributed by atoms with E-state index in [2.05, 4.69) is 0 Å². The summed E-state index contributed by atoms with van der Waals surface area (Å²) >= 11 is 6.27. The Balaban J connectivity index is 2.37. The van der Waals surface area contributed by atoms with Crippen LogP contribution in [0.25, 0.3) is 6.08 Å². The fraction of sp³-hybridized carbons (Fsp3) is 0.312. The van der Waals surface area contributed by atoms with Crippen molar-refractivity contribution in [3.05, 3.63) is 28.7 Å². The molecule has 128 valence electrons. The number of carbonyl (C=O) groups is 2. The molecule has 0 aromatic heterocycles. The highest BCUT2D eigenvalue weighted by molar-refractivity contribution is 8.26. The summed E-state index contributed by atoms with van der Waals surface area (Å²) in [5.41, 5.74) is 0.683. The van der Waals surface area contributed by atoms with E-state index in [1.54, 1.807) is 38.3 Å². The van der Waals surface area contributed by atoms with Crippen LogP contribution in [0.3, 0.4) is 0 Å². The Labute approximate surface area is 149 Å². The zero-order chi connectivity index (χ0) is 17.9. The van der Waals surface area contributed by atoms with Crippen molar-refractivity contribution in [2.45, 2.75) is 19.4 Å². The second-order valence-electron chi connectivity index (χ2n) is 4.92. The molecule has 1 N–H and O–H groups in total. The van der Waals surface area contributed by atoms with Crippen molar-refractivity contribution in [2.75, 3.05) is 14.2 Å². The first-order valence-electron chi connectivity index (χ1n) is 7.14. The first-order chi connectivity index (χ1) is 11.4. The second-order valence-corrected chi connectivity index (χ2v) is 6.60. The predicted molar refractivity (Wildman–Crippen MR) is 96.3 cm³/mol. The summed E-state index contributed by atoms with van der Waals surface area (Å²) in [4.78, 5) is 25.4. The number of hydrogen-bond donors (Lipinski definition) is 1. The first-order valence-corrected chi connectivity index (χ1v) is 8.37. The number of methoxy groups -OCH3 is 2. The molecule has 0 unspecified atom stereocenters. The van der Waals surface area contributed by atoms with Crippen molar-refractivity contribution in [1.82, 2.24) is 4.90 Å². The number of carboxylic acids is 1. The normalized spacial score (nSPS) is 17.3. The largest absolute Gasteiger partial charge is 0.497 e. The molecule has 0 aliphatic carbocycles. The number of ether oxygens (including phenoxy) is 2. The van der Waals surface area contributed by atoms with Gasteiger partial charge in [0.2, 0.25) is 0 Å². The smallest absolute Gasteiger partial charge is 0.326 e. The molecule has 0 spiro atoms. The fourth-order valence-corrected chi connectivity index (χ4v) is 3.64. The van der Waals surface area contributed by atoms with Crippen LogP contribution in [0.1, 0.15) is 18.9 Å². The lowest BCUT2D eigenvalue weighted by atomic mass is 10.1. The van der Waals surface area contributed by atoms with Crippen LogP contribution < -0.4 is 9.47 Å². The molecular weight excluding hydrogens is 350 g/mol. The maximum atomic E-state index is 12.6. The minimum absolute atomic E-state index is 0.243. The summed E-state index contributed by atoms with van der Waals surface area (Å²) in [6, 6.07) is 4.26. The van der Waals surface area contributed by atoms with Crippen molar-refractivity contribution in [3.63, 3.8) is 0 Å². The zero-order valence-corrected chi connectivity index (χ0v) is 15.1. The lowest BCUT2D eigenvalue weighted by Gasteiger charge is -2.21. The Kier molecular flexibility index (Phi) is 5.84. The summed E-state index contributed by atoms with van der Waals surface area (Å²) in [7, 11) is 3.07. The van der Waals surface area contributed by atoms with E-state index in [0.717, 1.165) is 16.7 Å².